The van der Waals surface area contributed by atoms with E-state index in [1.165, 1.54) is 0 Å². The van der Waals surface area contributed by atoms with Crippen molar-refractivity contribution < 1.29 is 17.3 Å². The molecule has 102 valence electrons. The molecular formula is C14H16O4S. The van der Waals surface area contributed by atoms with Crippen molar-refractivity contribution in [1.82, 2.24) is 0 Å². The van der Waals surface area contributed by atoms with Gasteiger partial charge in [0.25, 0.3) is 0 Å². The normalized spacial score (nSPS) is 36.6. The Balaban J connectivity index is 1.89. The number of hydrogen-bond acceptors (Lipinski definition) is 4. The highest BCUT2D eigenvalue weighted by Crippen LogP contribution is 2.48. The zero-order valence-corrected chi connectivity index (χ0v) is 11.7. The fourth-order valence-corrected chi connectivity index (χ4v) is 4.55. The number of hydrogen-bond donors (Lipinski definition) is 0. The lowest BCUT2D eigenvalue weighted by atomic mass is 9.90. The van der Waals surface area contributed by atoms with Crippen molar-refractivity contribution in [3.63, 3.8) is 0 Å². The summed E-state index contributed by atoms with van der Waals surface area (Å²) in [4.78, 5) is 0. The lowest BCUT2D eigenvalue weighted by molar-refractivity contribution is -0.00981. The third-order valence-electron chi connectivity index (χ3n) is 3.75. The summed E-state index contributed by atoms with van der Waals surface area (Å²) < 4.78 is 35.8. The van der Waals surface area contributed by atoms with Gasteiger partial charge in [-0.25, -0.2) is 0 Å². The summed E-state index contributed by atoms with van der Waals surface area (Å²) in [6, 6.07) is 8.55. The molecule has 2 bridgehead atoms. The summed E-state index contributed by atoms with van der Waals surface area (Å²) in [5.41, 5.74) is -1.28. The first kappa shape index (κ1) is 12.7. The van der Waals surface area contributed by atoms with Crippen LogP contribution in [0, 0.1) is 0 Å². The minimum Gasteiger partial charge on any atom is -0.382 e. The predicted octanol–water partition coefficient (Wildman–Crippen LogP) is 2.27. The van der Waals surface area contributed by atoms with Crippen LogP contribution in [0.2, 0.25) is 0 Å². The summed E-state index contributed by atoms with van der Waals surface area (Å²) >= 11 is 0. The highest BCUT2D eigenvalue weighted by atomic mass is 32.2. The summed E-state index contributed by atoms with van der Waals surface area (Å²) in [5, 5.41) is -0.671. The molecular weight excluding hydrogens is 264 g/mol. The first-order chi connectivity index (χ1) is 8.83. The van der Waals surface area contributed by atoms with Crippen LogP contribution in [-0.4, -0.2) is 24.9 Å². The molecule has 2 heterocycles. The second-order valence-corrected chi connectivity index (χ2v) is 7.24. The fourth-order valence-electron chi connectivity index (χ4n) is 2.82. The first-order valence-corrected chi connectivity index (χ1v) is 7.69. The van der Waals surface area contributed by atoms with Crippen LogP contribution >= 0.6 is 0 Å². The number of benzene rings is 1. The van der Waals surface area contributed by atoms with Crippen LogP contribution in [0.1, 0.15) is 20.3 Å². The van der Waals surface area contributed by atoms with Crippen molar-refractivity contribution in [1.29, 1.82) is 0 Å². The Morgan fingerprint density at radius 3 is 2.42 bits per heavy atom. The van der Waals surface area contributed by atoms with Crippen molar-refractivity contribution >= 4 is 10.1 Å². The van der Waals surface area contributed by atoms with Crippen LogP contribution in [0.15, 0.2) is 42.5 Å². The molecule has 0 N–H and O–H groups in total. The van der Waals surface area contributed by atoms with Crippen LogP contribution in [0.5, 0.6) is 5.75 Å². The molecule has 4 nitrogen and oxygen atoms in total. The zero-order valence-electron chi connectivity index (χ0n) is 10.9. The Hall–Kier alpha value is -1.33. The maximum Gasteiger partial charge on any atom is 0.315 e. The smallest absolute Gasteiger partial charge is 0.315 e. The minimum absolute atomic E-state index is 0.336. The van der Waals surface area contributed by atoms with Crippen molar-refractivity contribution in [2.75, 3.05) is 0 Å². The van der Waals surface area contributed by atoms with Gasteiger partial charge in [-0.15, -0.1) is 0 Å². The molecule has 0 aromatic heterocycles. The Morgan fingerprint density at radius 2 is 1.89 bits per heavy atom. The Labute approximate surface area is 113 Å². The molecule has 0 amide bonds. The molecule has 0 spiro atoms. The quantitative estimate of drug-likeness (QED) is 0.629. The third-order valence-corrected chi connectivity index (χ3v) is 5.51. The van der Waals surface area contributed by atoms with Gasteiger partial charge in [0.1, 0.15) is 16.6 Å². The van der Waals surface area contributed by atoms with Gasteiger partial charge in [-0.2, -0.15) is 8.42 Å². The summed E-state index contributed by atoms with van der Waals surface area (Å²) in [6.07, 6.45) is 4.18. The molecule has 1 saturated heterocycles. The molecule has 1 aromatic carbocycles. The Kier molecular flexibility index (Phi) is 2.56. The summed E-state index contributed by atoms with van der Waals surface area (Å²) in [5.74, 6) is 0.336. The predicted molar refractivity (Wildman–Crippen MR) is 71.4 cm³/mol. The number of fused-ring (bicyclic) bond motifs is 2. The maximum atomic E-state index is 12.4. The van der Waals surface area contributed by atoms with Gasteiger partial charge in [0.05, 0.1) is 5.60 Å². The Bertz CT molecular complexity index is 622. The van der Waals surface area contributed by atoms with Crippen molar-refractivity contribution in [2.45, 2.75) is 36.7 Å². The van der Waals surface area contributed by atoms with E-state index >= 15 is 0 Å². The van der Waals surface area contributed by atoms with Crippen LogP contribution < -0.4 is 4.18 Å². The highest BCUT2D eigenvalue weighted by molar-refractivity contribution is 7.87. The second kappa shape index (κ2) is 3.84. The maximum absolute atomic E-state index is 12.4. The molecule has 1 fully saturated rings. The number of para-hydroxylation sites is 1. The van der Waals surface area contributed by atoms with E-state index in [1.807, 2.05) is 25.1 Å². The van der Waals surface area contributed by atoms with Gasteiger partial charge < -0.3 is 8.92 Å². The molecule has 2 aliphatic heterocycles. The molecule has 0 saturated carbocycles. The van der Waals surface area contributed by atoms with Gasteiger partial charge >= 0.3 is 10.1 Å². The van der Waals surface area contributed by atoms with Crippen LogP contribution in [-0.2, 0) is 14.9 Å². The van der Waals surface area contributed by atoms with E-state index in [2.05, 4.69) is 0 Å². The van der Waals surface area contributed by atoms with Gasteiger partial charge in [-0.05, 0) is 26.0 Å². The molecule has 1 aromatic rings. The SMILES string of the molecule is C[C@]12C=C[C@](C)(O1)[C@H](S(=O)(=O)Oc1ccccc1)C2. The molecule has 3 rings (SSSR count). The number of ether oxygens (including phenoxy) is 1. The topological polar surface area (TPSA) is 52.6 Å². The van der Waals surface area contributed by atoms with E-state index in [0.717, 1.165) is 0 Å². The second-order valence-electron chi connectivity index (χ2n) is 5.51. The largest absolute Gasteiger partial charge is 0.382 e. The van der Waals surface area contributed by atoms with Crippen molar-refractivity contribution in [2.24, 2.45) is 0 Å². The average molecular weight is 280 g/mol. The molecule has 0 aliphatic carbocycles. The van der Waals surface area contributed by atoms with Crippen molar-refractivity contribution in [3.8, 4) is 5.75 Å². The summed E-state index contributed by atoms with van der Waals surface area (Å²) in [7, 11) is -3.72. The average Bonchev–Trinajstić information content (AvgIpc) is 2.78. The van der Waals surface area contributed by atoms with E-state index < -0.39 is 26.6 Å². The molecule has 0 unspecified atom stereocenters. The summed E-state index contributed by atoms with van der Waals surface area (Å²) in [6.45, 7) is 3.69. The van der Waals surface area contributed by atoms with Crippen molar-refractivity contribution in [3.05, 3.63) is 42.5 Å². The lowest BCUT2D eigenvalue weighted by Gasteiger charge is -2.25. The third kappa shape index (κ3) is 2.07. The van der Waals surface area contributed by atoms with Gasteiger partial charge in [0.2, 0.25) is 0 Å². The highest BCUT2D eigenvalue weighted by Gasteiger charge is 2.59. The minimum atomic E-state index is -3.72. The monoisotopic (exact) mass is 280 g/mol. The first-order valence-electron chi connectivity index (χ1n) is 6.22. The van der Waals surface area contributed by atoms with Gasteiger partial charge in [0, 0.05) is 6.42 Å². The molecule has 19 heavy (non-hydrogen) atoms. The lowest BCUT2D eigenvalue weighted by Crippen LogP contribution is -2.41. The van der Waals surface area contributed by atoms with Crippen LogP contribution in [0.3, 0.4) is 0 Å². The molecule has 2 aliphatic rings. The molecule has 5 heteroatoms. The van der Waals surface area contributed by atoms with Crippen LogP contribution in [0.4, 0.5) is 0 Å². The molecule has 0 radical (unpaired) electrons. The van der Waals surface area contributed by atoms with Gasteiger partial charge in [-0.1, -0.05) is 30.4 Å². The van der Waals surface area contributed by atoms with E-state index in [4.69, 9.17) is 8.92 Å². The van der Waals surface area contributed by atoms with E-state index in [9.17, 15) is 8.42 Å². The standard InChI is InChI=1S/C14H16O4S/c1-13-8-9-14(2,18-13)12(10-13)19(15,16)17-11-6-4-3-5-7-11/h3-9,12H,10H2,1-2H3/t12-,13-,14+/m1/s1. The van der Waals surface area contributed by atoms with E-state index in [-0.39, 0.29) is 0 Å². The fraction of sp³-hybridized carbons (Fsp3) is 0.429. The zero-order chi connectivity index (χ0) is 13.7. The molecule has 3 atom stereocenters. The van der Waals surface area contributed by atoms with Gasteiger partial charge in [0.15, 0.2) is 0 Å². The van der Waals surface area contributed by atoms with E-state index in [0.29, 0.717) is 12.2 Å². The van der Waals surface area contributed by atoms with Gasteiger partial charge in [-0.3, -0.25) is 0 Å². The number of rotatable bonds is 3. The van der Waals surface area contributed by atoms with Crippen LogP contribution in [0.25, 0.3) is 0 Å². The van der Waals surface area contributed by atoms with E-state index in [1.54, 1.807) is 31.2 Å². The Morgan fingerprint density at radius 1 is 1.21 bits per heavy atom.